The first-order valence-electron chi connectivity index (χ1n) is 7.19. The van der Waals surface area contributed by atoms with Crippen molar-refractivity contribution in [2.24, 2.45) is 5.92 Å². The van der Waals surface area contributed by atoms with Gasteiger partial charge in [-0.05, 0) is 24.5 Å². The van der Waals surface area contributed by atoms with Crippen LogP contribution in [0, 0.1) is 5.92 Å². The van der Waals surface area contributed by atoms with Crippen LogP contribution in [0.3, 0.4) is 0 Å². The summed E-state index contributed by atoms with van der Waals surface area (Å²) in [5.74, 6) is -0.947. The Hall–Kier alpha value is -2.24. The summed E-state index contributed by atoms with van der Waals surface area (Å²) < 4.78 is 9.56. The van der Waals surface area contributed by atoms with Crippen molar-refractivity contribution in [3.05, 3.63) is 29.8 Å². The van der Waals surface area contributed by atoms with E-state index in [4.69, 9.17) is 19.7 Å². The second-order valence-electron chi connectivity index (χ2n) is 4.98. The van der Waals surface area contributed by atoms with E-state index in [9.17, 15) is 9.59 Å². The zero-order valence-electron chi connectivity index (χ0n) is 13.2. The summed E-state index contributed by atoms with van der Waals surface area (Å²) in [6.45, 7) is 6.92. The number of ether oxygens (including phenoxy) is 2. The van der Waals surface area contributed by atoms with Gasteiger partial charge in [0.2, 0.25) is 0 Å². The molecule has 0 aliphatic carbocycles. The molecular formula is C16H24O6. The van der Waals surface area contributed by atoms with Crippen molar-refractivity contribution in [3.8, 4) is 5.75 Å². The molecule has 0 aliphatic rings. The SMILES string of the molecule is CCCCOC(=O)OCC(C)C.O=C(O)c1ccccc1O. The number of aromatic carboxylic acids is 1. The number of benzene rings is 1. The summed E-state index contributed by atoms with van der Waals surface area (Å²) in [5, 5.41) is 17.3. The minimum Gasteiger partial charge on any atom is -0.507 e. The van der Waals surface area contributed by atoms with Crippen molar-refractivity contribution in [2.45, 2.75) is 33.6 Å². The highest BCUT2D eigenvalue weighted by atomic mass is 16.7. The molecule has 1 rings (SSSR count). The van der Waals surface area contributed by atoms with Gasteiger partial charge >= 0.3 is 12.1 Å². The highest BCUT2D eigenvalue weighted by molar-refractivity contribution is 5.90. The summed E-state index contributed by atoms with van der Waals surface area (Å²) in [7, 11) is 0. The van der Waals surface area contributed by atoms with E-state index >= 15 is 0 Å². The summed E-state index contributed by atoms with van der Waals surface area (Å²) >= 11 is 0. The summed E-state index contributed by atoms with van der Waals surface area (Å²) in [6.07, 6.45) is 1.38. The molecule has 0 bridgehead atoms. The van der Waals surface area contributed by atoms with Crippen LogP contribution in [0.5, 0.6) is 5.75 Å². The minimum absolute atomic E-state index is 0.0671. The van der Waals surface area contributed by atoms with Crippen LogP contribution in [-0.2, 0) is 9.47 Å². The predicted octanol–water partition coefficient (Wildman–Crippen LogP) is 3.69. The number of hydrogen-bond acceptors (Lipinski definition) is 5. The van der Waals surface area contributed by atoms with Gasteiger partial charge in [0.25, 0.3) is 0 Å². The Bertz CT molecular complexity index is 456. The number of unbranched alkanes of at least 4 members (excludes halogenated alkanes) is 1. The number of aromatic hydroxyl groups is 1. The molecule has 0 aromatic heterocycles. The van der Waals surface area contributed by atoms with Crippen LogP contribution >= 0.6 is 0 Å². The Labute approximate surface area is 130 Å². The van der Waals surface area contributed by atoms with E-state index in [2.05, 4.69) is 0 Å². The molecule has 0 amide bonds. The lowest BCUT2D eigenvalue weighted by Crippen LogP contribution is -2.12. The van der Waals surface area contributed by atoms with Gasteiger partial charge in [0, 0.05) is 0 Å². The zero-order chi connectivity index (χ0) is 17.0. The van der Waals surface area contributed by atoms with Crippen molar-refractivity contribution >= 4 is 12.1 Å². The monoisotopic (exact) mass is 312 g/mol. The van der Waals surface area contributed by atoms with Gasteiger partial charge in [0.1, 0.15) is 11.3 Å². The summed E-state index contributed by atoms with van der Waals surface area (Å²) in [4.78, 5) is 21.0. The number of carbonyl (C=O) groups excluding carboxylic acids is 1. The van der Waals surface area contributed by atoms with E-state index in [1.54, 1.807) is 12.1 Å². The molecule has 0 heterocycles. The first kappa shape index (κ1) is 19.8. The third-order valence-electron chi connectivity index (χ3n) is 2.39. The highest BCUT2D eigenvalue weighted by Gasteiger charge is 2.05. The Morgan fingerprint density at radius 3 is 2.27 bits per heavy atom. The van der Waals surface area contributed by atoms with Gasteiger partial charge in [-0.15, -0.1) is 0 Å². The quantitative estimate of drug-likeness (QED) is 0.614. The average Bonchev–Trinajstić information content (AvgIpc) is 2.46. The van der Waals surface area contributed by atoms with Gasteiger partial charge in [-0.25, -0.2) is 9.59 Å². The minimum atomic E-state index is -1.11. The third kappa shape index (κ3) is 9.63. The maximum absolute atomic E-state index is 10.8. The highest BCUT2D eigenvalue weighted by Crippen LogP contribution is 2.14. The lowest BCUT2D eigenvalue weighted by Gasteiger charge is -2.06. The lowest BCUT2D eigenvalue weighted by atomic mass is 10.2. The predicted molar refractivity (Wildman–Crippen MR) is 82.1 cm³/mol. The molecule has 0 radical (unpaired) electrons. The van der Waals surface area contributed by atoms with Gasteiger partial charge in [-0.1, -0.05) is 39.3 Å². The number of carboxylic acid groups (broad SMARTS) is 1. The molecule has 22 heavy (non-hydrogen) atoms. The zero-order valence-corrected chi connectivity index (χ0v) is 13.2. The molecule has 6 heteroatoms. The second kappa shape index (κ2) is 11.4. The van der Waals surface area contributed by atoms with E-state index in [1.165, 1.54) is 12.1 Å². The molecule has 0 aliphatic heterocycles. The number of para-hydroxylation sites is 1. The van der Waals surface area contributed by atoms with Crippen LogP contribution in [0.1, 0.15) is 44.0 Å². The fraction of sp³-hybridized carbons (Fsp3) is 0.500. The van der Waals surface area contributed by atoms with Crippen LogP contribution in [0.15, 0.2) is 24.3 Å². The first-order valence-corrected chi connectivity index (χ1v) is 7.19. The van der Waals surface area contributed by atoms with E-state index in [1.807, 2.05) is 20.8 Å². The molecule has 0 unspecified atom stereocenters. The van der Waals surface area contributed by atoms with E-state index in [0.717, 1.165) is 12.8 Å². The molecular weight excluding hydrogens is 288 g/mol. The van der Waals surface area contributed by atoms with Crippen molar-refractivity contribution in [2.75, 3.05) is 13.2 Å². The van der Waals surface area contributed by atoms with Gasteiger partial charge < -0.3 is 19.7 Å². The summed E-state index contributed by atoms with van der Waals surface area (Å²) in [6, 6.07) is 5.81. The average molecular weight is 312 g/mol. The van der Waals surface area contributed by atoms with Crippen molar-refractivity contribution < 1.29 is 29.3 Å². The van der Waals surface area contributed by atoms with E-state index in [-0.39, 0.29) is 11.3 Å². The molecule has 1 aromatic rings. The fourth-order valence-corrected chi connectivity index (χ4v) is 1.23. The van der Waals surface area contributed by atoms with Gasteiger partial charge in [0.05, 0.1) is 13.2 Å². The maximum atomic E-state index is 10.8. The van der Waals surface area contributed by atoms with Gasteiger partial charge in [-0.3, -0.25) is 0 Å². The molecule has 0 atom stereocenters. The maximum Gasteiger partial charge on any atom is 0.508 e. The Kier molecular flexibility index (Phi) is 10.3. The molecule has 6 nitrogen and oxygen atoms in total. The van der Waals surface area contributed by atoms with Gasteiger partial charge in [-0.2, -0.15) is 0 Å². The number of carbonyl (C=O) groups is 2. The smallest absolute Gasteiger partial charge is 0.507 e. The normalized spacial score (nSPS) is 9.64. The van der Waals surface area contributed by atoms with E-state index in [0.29, 0.717) is 19.1 Å². The van der Waals surface area contributed by atoms with Crippen LogP contribution in [0.2, 0.25) is 0 Å². The molecule has 0 fully saturated rings. The number of hydrogen-bond donors (Lipinski definition) is 2. The van der Waals surface area contributed by atoms with Gasteiger partial charge in [0.15, 0.2) is 0 Å². The number of carboxylic acids is 1. The molecule has 124 valence electrons. The number of phenols is 1. The largest absolute Gasteiger partial charge is 0.508 e. The standard InChI is InChI=1S/C9H18O3.C7H6O3/c1-4-5-6-11-9(10)12-7-8(2)3;8-6-4-2-1-3-5(6)7(9)10/h8H,4-7H2,1-3H3;1-4,8H,(H,9,10). The molecule has 0 saturated heterocycles. The van der Waals surface area contributed by atoms with Crippen LogP contribution in [0.25, 0.3) is 0 Å². The topological polar surface area (TPSA) is 93.1 Å². The summed E-state index contributed by atoms with van der Waals surface area (Å²) in [5.41, 5.74) is -0.0671. The van der Waals surface area contributed by atoms with Crippen molar-refractivity contribution in [3.63, 3.8) is 0 Å². The first-order chi connectivity index (χ1) is 10.4. The third-order valence-corrected chi connectivity index (χ3v) is 2.39. The van der Waals surface area contributed by atoms with Crippen LogP contribution in [-0.4, -0.2) is 35.6 Å². The second-order valence-corrected chi connectivity index (χ2v) is 4.98. The molecule has 2 N–H and O–H groups in total. The fourth-order valence-electron chi connectivity index (χ4n) is 1.23. The molecule has 0 saturated carbocycles. The molecule has 0 spiro atoms. The van der Waals surface area contributed by atoms with Crippen LogP contribution in [0.4, 0.5) is 4.79 Å². The van der Waals surface area contributed by atoms with E-state index < -0.39 is 12.1 Å². The Morgan fingerprint density at radius 2 is 1.82 bits per heavy atom. The lowest BCUT2D eigenvalue weighted by molar-refractivity contribution is 0.0467. The van der Waals surface area contributed by atoms with Crippen molar-refractivity contribution in [1.29, 1.82) is 0 Å². The number of rotatable bonds is 6. The molecule has 1 aromatic carbocycles. The Morgan fingerprint density at radius 1 is 1.18 bits per heavy atom. The van der Waals surface area contributed by atoms with Crippen molar-refractivity contribution in [1.82, 2.24) is 0 Å². The Balaban J connectivity index is 0.000000406. The van der Waals surface area contributed by atoms with Crippen LogP contribution < -0.4 is 0 Å².